The lowest BCUT2D eigenvalue weighted by Crippen LogP contribution is -2.30. The number of carbonyl (C=O) groups is 1. The minimum absolute atomic E-state index is 0.0966. The molecule has 0 aromatic heterocycles. The van der Waals surface area contributed by atoms with E-state index < -0.39 is 0 Å². The van der Waals surface area contributed by atoms with Crippen molar-refractivity contribution in [1.29, 1.82) is 0 Å². The second-order valence-electron chi connectivity index (χ2n) is 5.49. The van der Waals surface area contributed by atoms with Gasteiger partial charge in [-0.15, -0.1) is 6.58 Å². The fourth-order valence-corrected chi connectivity index (χ4v) is 2.32. The van der Waals surface area contributed by atoms with Gasteiger partial charge in [-0.05, 0) is 48.2 Å². The Hall–Kier alpha value is -2.82. The van der Waals surface area contributed by atoms with E-state index in [2.05, 4.69) is 11.9 Å². The molecule has 2 aromatic rings. The van der Waals surface area contributed by atoms with E-state index in [0.29, 0.717) is 24.5 Å². The Morgan fingerprint density at radius 1 is 1.16 bits per heavy atom. The largest absolute Gasteiger partial charge is 0.493 e. The van der Waals surface area contributed by atoms with Crippen molar-refractivity contribution in [1.82, 2.24) is 5.32 Å². The van der Waals surface area contributed by atoms with Gasteiger partial charge in [0, 0.05) is 6.54 Å². The first-order chi connectivity index (χ1) is 12.1. The van der Waals surface area contributed by atoms with E-state index in [-0.39, 0.29) is 18.3 Å². The van der Waals surface area contributed by atoms with Gasteiger partial charge >= 0.3 is 0 Å². The zero-order valence-electron chi connectivity index (χ0n) is 14.3. The minimum Gasteiger partial charge on any atom is -0.493 e. The van der Waals surface area contributed by atoms with Crippen LogP contribution in [-0.4, -0.2) is 26.2 Å². The Balaban J connectivity index is 1.79. The number of carbonyl (C=O) groups excluding carboxylic acids is 1. The molecule has 4 nitrogen and oxygen atoms in total. The fourth-order valence-electron chi connectivity index (χ4n) is 2.32. The van der Waals surface area contributed by atoms with Crippen LogP contribution in [0.4, 0.5) is 4.39 Å². The van der Waals surface area contributed by atoms with E-state index in [1.165, 1.54) is 12.1 Å². The van der Waals surface area contributed by atoms with Gasteiger partial charge in [0.15, 0.2) is 18.1 Å². The van der Waals surface area contributed by atoms with Crippen molar-refractivity contribution in [2.24, 2.45) is 0 Å². The molecule has 2 aromatic carbocycles. The van der Waals surface area contributed by atoms with Crippen molar-refractivity contribution in [3.8, 4) is 11.5 Å². The summed E-state index contributed by atoms with van der Waals surface area (Å²) in [5.41, 5.74) is 2.02. The predicted octanol–water partition coefficient (Wildman–Crippen LogP) is 3.30. The second-order valence-corrected chi connectivity index (χ2v) is 5.49. The molecule has 0 spiro atoms. The molecule has 0 saturated carbocycles. The van der Waals surface area contributed by atoms with Gasteiger partial charge in [0.25, 0.3) is 5.91 Å². The van der Waals surface area contributed by atoms with Crippen LogP contribution in [0.25, 0.3) is 0 Å². The van der Waals surface area contributed by atoms with Gasteiger partial charge < -0.3 is 14.8 Å². The summed E-state index contributed by atoms with van der Waals surface area (Å²) in [6, 6.07) is 11.8. The van der Waals surface area contributed by atoms with Crippen molar-refractivity contribution < 1.29 is 18.7 Å². The number of halogens is 1. The van der Waals surface area contributed by atoms with Crippen LogP contribution in [0.15, 0.2) is 55.1 Å². The molecular formula is C20H22FNO3. The first-order valence-electron chi connectivity index (χ1n) is 8.04. The lowest BCUT2D eigenvalue weighted by Gasteiger charge is -2.12. The number of rotatable bonds is 9. The molecule has 0 bridgehead atoms. The van der Waals surface area contributed by atoms with Gasteiger partial charge in [0.1, 0.15) is 5.82 Å². The Kier molecular flexibility index (Phi) is 7.01. The van der Waals surface area contributed by atoms with E-state index >= 15 is 0 Å². The van der Waals surface area contributed by atoms with Crippen molar-refractivity contribution in [3.05, 3.63) is 72.1 Å². The minimum atomic E-state index is -0.269. The number of amides is 1. The molecule has 1 N–H and O–H groups in total. The van der Waals surface area contributed by atoms with Crippen molar-refractivity contribution >= 4 is 5.91 Å². The molecule has 132 valence electrons. The SMILES string of the molecule is C=CCc1ccc(OCC(=O)NCCc2ccc(F)cc2)c(OC)c1. The van der Waals surface area contributed by atoms with Crippen LogP contribution in [0.5, 0.6) is 11.5 Å². The Bertz CT molecular complexity index is 713. The van der Waals surface area contributed by atoms with E-state index in [1.807, 2.05) is 18.2 Å². The van der Waals surface area contributed by atoms with Crippen molar-refractivity contribution in [2.45, 2.75) is 12.8 Å². The van der Waals surface area contributed by atoms with Crippen LogP contribution in [0.2, 0.25) is 0 Å². The smallest absolute Gasteiger partial charge is 0.257 e. The molecule has 25 heavy (non-hydrogen) atoms. The summed E-state index contributed by atoms with van der Waals surface area (Å²) >= 11 is 0. The van der Waals surface area contributed by atoms with Crippen LogP contribution in [-0.2, 0) is 17.6 Å². The lowest BCUT2D eigenvalue weighted by molar-refractivity contribution is -0.123. The maximum atomic E-state index is 12.8. The van der Waals surface area contributed by atoms with Crippen LogP contribution >= 0.6 is 0 Å². The van der Waals surface area contributed by atoms with Gasteiger partial charge in [0.05, 0.1) is 7.11 Å². The van der Waals surface area contributed by atoms with E-state index in [9.17, 15) is 9.18 Å². The van der Waals surface area contributed by atoms with E-state index in [1.54, 1.807) is 25.3 Å². The summed E-state index contributed by atoms with van der Waals surface area (Å²) in [6.07, 6.45) is 3.18. The van der Waals surface area contributed by atoms with Crippen LogP contribution in [0, 0.1) is 5.82 Å². The molecule has 0 unspecified atom stereocenters. The quantitative estimate of drug-likeness (QED) is 0.711. The van der Waals surface area contributed by atoms with Crippen LogP contribution in [0.1, 0.15) is 11.1 Å². The molecule has 0 fully saturated rings. The predicted molar refractivity (Wildman–Crippen MR) is 95.5 cm³/mol. The summed E-state index contributed by atoms with van der Waals surface area (Å²) in [7, 11) is 1.56. The molecule has 0 saturated heterocycles. The lowest BCUT2D eigenvalue weighted by atomic mass is 10.1. The van der Waals surface area contributed by atoms with E-state index in [4.69, 9.17) is 9.47 Å². The number of hydrogen-bond donors (Lipinski definition) is 1. The fraction of sp³-hybridized carbons (Fsp3) is 0.250. The number of methoxy groups -OCH3 is 1. The van der Waals surface area contributed by atoms with Gasteiger partial charge in [-0.1, -0.05) is 24.3 Å². The number of nitrogens with one attached hydrogen (secondary N) is 1. The van der Waals surface area contributed by atoms with Crippen molar-refractivity contribution in [3.63, 3.8) is 0 Å². The molecule has 0 aliphatic heterocycles. The van der Waals surface area contributed by atoms with Crippen LogP contribution < -0.4 is 14.8 Å². The van der Waals surface area contributed by atoms with Gasteiger partial charge in [-0.3, -0.25) is 4.79 Å². The second kappa shape index (κ2) is 9.47. The third-order valence-electron chi connectivity index (χ3n) is 3.62. The monoisotopic (exact) mass is 343 g/mol. The number of ether oxygens (including phenoxy) is 2. The molecule has 1 amide bonds. The average Bonchev–Trinajstić information content (AvgIpc) is 2.62. The van der Waals surface area contributed by atoms with Gasteiger partial charge in [-0.2, -0.15) is 0 Å². The molecular weight excluding hydrogens is 321 g/mol. The molecule has 2 rings (SSSR count). The average molecular weight is 343 g/mol. The summed E-state index contributed by atoms with van der Waals surface area (Å²) in [6.45, 7) is 4.07. The molecule has 0 radical (unpaired) electrons. The third-order valence-corrected chi connectivity index (χ3v) is 3.62. The zero-order chi connectivity index (χ0) is 18.1. The standard InChI is InChI=1S/C20H22FNO3/c1-3-4-16-7-10-18(19(13-16)24-2)25-14-20(23)22-12-11-15-5-8-17(21)9-6-15/h3,5-10,13H,1,4,11-12,14H2,2H3,(H,22,23). The molecule has 5 heteroatoms. The zero-order valence-corrected chi connectivity index (χ0v) is 14.3. The van der Waals surface area contributed by atoms with Crippen molar-refractivity contribution in [2.75, 3.05) is 20.3 Å². The highest BCUT2D eigenvalue weighted by Gasteiger charge is 2.08. The Morgan fingerprint density at radius 2 is 1.88 bits per heavy atom. The highest BCUT2D eigenvalue weighted by molar-refractivity contribution is 5.77. The summed E-state index contributed by atoms with van der Waals surface area (Å²) in [5.74, 6) is 0.607. The maximum Gasteiger partial charge on any atom is 0.257 e. The Labute approximate surface area is 147 Å². The maximum absolute atomic E-state index is 12.8. The molecule has 0 heterocycles. The summed E-state index contributed by atoms with van der Waals surface area (Å²) in [5, 5.41) is 2.77. The first-order valence-corrected chi connectivity index (χ1v) is 8.04. The molecule has 0 aliphatic carbocycles. The molecule has 0 atom stereocenters. The number of hydrogen-bond acceptors (Lipinski definition) is 3. The van der Waals surface area contributed by atoms with Gasteiger partial charge in [0.2, 0.25) is 0 Å². The molecule has 0 aliphatic rings. The van der Waals surface area contributed by atoms with Crippen LogP contribution in [0.3, 0.4) is 0 Å². The normalized spacial score (nSPS) is 10.2. The topological polar surface area (TPSA) is 47.6 Å². The summed E-state index contributed by atoms with van der Waals surface area (Å²) in [4.78, 5) is 11.9. The highest BCUT2D eigenvalue weighted by Crippen LogP contribution is 2.28. The van der Waals surface area contributed by atoms with E-state index in [0.717, 1.165) is 17.5 Å². The Morgan fingerprint density at radius 3 is 2.56 bits per heavy atom. The number of allylic oxidation sites excluding steroid dienone is 1. The summed E-state index contributed by atoms with van der Waals surface area (Å²) < 4.78 is 23.6. The third kappa shape index (κ3) is 5.95. The van der Waals surface area contributed by atoms with Gasteiger partial charge in [-0.25, -0.2) is 4.39 Å². The highest BCUT2D eigenvalue weighted by atomic mass is 19.1. The first kappa shape index (κ1) is 18.5. The number of benzene rings is 2.